The number of amides is 1. The van der Waals surface area contributed by atoms with Crippen LogP contribution in [0, 0.1) is 10.1 Å². The Hall–Kier alpha value is -2.96. The average molecular weight is 272 g/mol. The molecule has 7 nitrogen and oxygen atoms in total. The Kier molecular flexibility index (Phi) is 3.90. The molecule has 7 heteroatoms. The molecule has 2 N–H and O–H groups in total. The van der Waals surface area contributed by atoms with Gasteiger partial charge in [-0.05, 0) is 18.2 Å². The Morgan fingerprint density at radius 1 is 1.35 bits per heavy atom. The minimum atomic E-state index is -0.541. The van der Waals surface area contributed by atoms with Gasteiger partial charge < -0.3 is 10.6 Å². The van der Waals surface area contributed by atoms with Crippen LogP contribution in [-0.2, 0) is 0 Å². The second-order valence-electron chi connectivity index (χ2n) is 3.93. The molecule has 102 valence electrons. The highest BCUT2D eigenvalue weighted by atomic mass is 16.6. The topological polar surface area (TPSA) is 97.2 Å². The van der Waals surface area contributed by atoms with Crippen molar-refractivity contribution in [3.8, 4) is 0 Å². The minimum Gasteiger partial charge on any atom is -0.387 e. The van der Waals surface area contributed by atoms with Crippen LogP contribution in [0.4, 0.5) is 17.1 Å². The number of benzene rings is 1. The number of pyridine rings is 1. The molecule has 0 fully saturated rings. The summed E-state index contributed by atoms with van der Waals surface area (Å²) in [6.07, 6.45) is 3.08. The van der Waals surface area contributed by atoms with Crippen molar-refractivity contribution in [2.75, 3.05) is 17.7 Å². The SMILES string of the molecule is CNc1ccc([N+](=O)[O-])cc1C(=O)Nc1cccnc1. The Bertz CT molecular complexity index is 643. The third-order valence-corrected chi connectivity index (χ3v) is 2.65. The molecule has 2 rings (SSSR count). The van der Waals surface area contributed by atoms with Crippen molar-refractivity contribution in [2.24, 2.45) is 0 Å². The zero-order chi connectivity index (χ0) is 14.5. The van der Waals surface area contributed by atoms with Crippen LogP contribution in [0.2, 0.25) is 0 Å². The van der Waals surface area contributed by atoms with Crippen molar-refractivity contribution in [2.45, 2.75) is 0 Å². The van der Waals surface area contributed by atoms with Crippen LogP contribution < -0.4 is 10.6 Å². The maximum absolute atomic E-state index is 12.2. The number of rotatable bonds is 4. The second-order valence-corrected chi connectivity index (χ2v) is 3.93. The summed E-state index contributed by atoms with van der Waals surface area (Å²) in [5.41, 5.74) is 1.09. The lowest BCUT2D eigenvalue weighted by molar-refractivity contribution is -0.384. The molecular formula is C13H12N4O3. The zero-order valence-corrected chi connectivity index (χ0v) is 10.7. The number of hydrogen-bond acceptors (Lipinski definition) is 5. The highest BCUT2D eigenvalue weighted by molar-refractivity contribution is 6.08. The van der Waals surface area contributed by atoms with Gasteiger partial charge >= 0.3 is 0 Å². The van der Waals surface area contributed by atoms with Crippen molar-refractivity contribution in [3.63, 3.8) is 0 Å². The zero-order valence-electron chi connectivity index (χ0n) is 10.7. The Morgan fingerprint density at radius 2 is 2.15 bits per heavy atom. The summed E-state index contributed by atoms with van der Waals surface area (Å²) >= 11 is 0. The first-order chi connectivity index (χ1) is 9.61. The lowest BCUT2D eigenvalue weighted by atomic mass is 10.1. The highest BCUT2D eigenvalue weighted by Gasteiger charge is 2.16. The summed E-state index contributed by atoms with van der Waals surface area (Å²) in [5.74, 6) is -0.439. The van der Waals surface area contributed by atoms with Gasteiger partial charge in [-0.15, -0.1) is 0 Å². The monoisotopic (exact) mass is 272 g/mol. The molecule has 0 aliphatic rings. The van der Waals surface area contributed by atoms with Gasteiger partial charge in [-0.3, -0.25) is 19.9 Å². The van der Waals surface area contributed by atoms with Crippen molar-refractivity contribution < 1.29 is 9.72 Å². The molecule has 0 bridgehead atoms. The van der Waals surface area contributed by atoms with Gasteiger partial charge in [-0.1, -0.05) is 0 Å². The maximum atomic E-state index is 12.2. The number of nitro groups is 1. The Labute approximate surface area is 114 Å². The standard InChI is InChI=1S/C13H12N4O3/c1-14-12-5-4-10(17(19)20)7-11(12)13(18)16-9-3-2-6-15-8-9/h2-8,14H,1H3,(H,16,18). The van der Waals surface area contributed by atoms with Crippen LogP contribution >= 0.6 is 0 Å². The van der Waals surface area contributed by atoms with Crippen LogP contribution in [0.25, 0.3) is 0 Å². The number of carbonyl (C=O) groups excluding carboxylic acids is 1. The molecule has 1 heterocycles. The minimum absolute atomic E-state index is 0.139. The fourth-order valence-corrected chi connectivity index (χ4v) is 1.69. The fourth-order valence-electron chi connectivity index (χ4n) is 1.69. The van der Waals surface area contributed by atoms with E-state index in [9.17, 15) is 14.9 Å². The predicted octanol–water partition coefficient (Wildman–Crippen LogP) is 2.28. The normalized spacial score (nSPS) is 9.85. The van der Waals surface area contributed by atoms with Gasteiger partial charge in [-0.25, -0.2) is 0 Å². The van der Waals surface area contributed by atoms with Crippen LogP contribution in [0.5, 0.6) is 0 Å². The Morgan fingerprint density at radius 3 is 2.75 bits per heavy atom. The van der Waals surface area contributed by atoms with E-state index in [0.29, 0.717) is 11.4 Å². The quantitative estimate of drug-likeness (QED) is 0.657. The number of nitrogens with one attached hydrogen (secondary N) is 2. The molecule has 0 aliphatic carbocycles. The largest absolute Gasteiger partial charge is 0.387 e. The van der Waals surface area contributed by atoms with Crippen LogP contribution in [-0.4, -0.2) is 22.9 Å². The summed E-state index contributed by atoms with van der Waals surface area (Å²) in [4.78, 5) is 26.3. The molecule has 2 aromatic rings. The molecule has 0 unspecified atom stereocenters. The van der Waals surface area contributed by atoms with Crippen LogP contribution in [0.15, 0.2) is 42.7 Å². The first-order valence-electron chi connectivity index (χ1n) is 5.79. The molecule has 20 heavy (non-hydrogen) atoms. The summed E-state index contributed by atoms with van der Waals surface area (Å²) in [7, 11) is 1.64. The van der Waals surface area contributed by atoms with Gasteiger partial charge in [0.25, 0.3) is 11.6 Å². The van der Waals surface area contributed by atoms with E-state index in [4.69, 9.17) is 0 Å². The van der Waals surface area contributed by atoms with Gasteiger partial charge in [0.15, 0.2) is 0 Å². The lowest BCUT2D eigenvalue weighted by Crippen LogP contribution is -2.14. The molecule has 0 aliphatic heterocycles. The van der Waals surface area contributed by atoms with Gasteiger partial charge in [0.1, 0.15) is 0 Å². The van der Waals surface area contributed by atoms with E-state index in [1.54, 1.807) is 25.4 Å². The van der Waals surface area contributed by atoms with E-state index in [2.05, 4.69) is 15.6 Å². The van der Waals surface area contributed by atoms with E-state index < -0.39 is 10.8 Å². The molecule has 0 radical (unpaired) electrons. The molecular weight excluding hydrogens is 260 g/mol. The van der Waals surface area contributed by atoms with E-state index in [1.807, 2.05) is 0 Å². The number of nitrogens with zero attached hydrogens (tertiary/aromatic N) is 2. The maximum Gasteiger partial charge on any atom is 0.270 e. The van der Waals surface area contributed by atoms with Crippen molar-refractivity contribution in [1.29, 1.82) is 0 Å². The third kappa shape index (κ3) is 2.89. The number of nitro benzene ring substituents is 1. The number of anilines is 2. The van der Waals surface area contributed by atoms with Crippen molar-refractivity contribution in [1.82, 2.24) is 4.98 Å². The fraction of sp³-hybridized carbons (Fsp3) is 0.0769. The van der Waals surface area contributed by atoms with Gasteiger partial charge in [0.05, 0.1) is 22.4 Å². The highest BCUT2D eigenvalue weighted by Crippen LogP contribution is 2.22. The van der Waals surface area contributed by atoms with Crippen LogP contribution in [0.3, 0.4) is 0 Å². The predicted molar refractivity (Wildman–Crippen MR) is 74.8 cm³/mol. The van der Waals surface area contributed by atoms with Gasteiger partial charge in [-0.2, -0.15) is 0 Å². The Balaban J connectivity index is 2.32. The molecule has 0 saturated heterocycles. The molecule has 1 aromatic carbocycles. The van der Waals surface area contributed by atoms with Crippen molar-refractivity contribution >= 4 is 23.0 Å². The van der Waals surface area contributed by atoms with Gasteiger partial charge in [0.2, 0.25) is 0 Å². The van der Waals surface area contributed by atoms with Crippen molar-refractivity contribution in [3.05, 3.63) is 58.4 Å². The summed E-state index contributed by atoms with van der Waals surface area (Å²) < 4.78 is 0. The van der Waals surface area contributed by atoms with E-state index in [-0.39, 0.29) is 11.3 Å². The van der Waals surface area contributed by atoms with Crippen LogP contribution in [0.1, 0.15) is 10.4 Å². The molecule has 1 amide bonds. The molecule has 0 spiro atoms. The summed E-state index contributed by atoms with van der Waals surface area (Å²) in [5, 5.41) is 16.2. The number of aromatic nitrogens is 1. The van der Waals surface area contributed by atoms with E-state index in [0.717, 1.165) is 0 Å². The first kappa shape index (κ1) is 13.5. The first-order valence-corrected chi connectivity index (χ1v) is 5.79. The third-order valence-electron chi connectivity index (χ3n) is 2.65. The number of non-ortho nitro benzene ring substituents is 1. The number of carbonyl (C=O) groups is 1. The molecule has 1 aromatic heterocycles. The smallest absolute Gasteiger partial charge is 0.270 e. The molecule has 0 atom stereocenters. The van der Waals surface area contributed by atoms with E-state index >= 15 is 0 Å². The number of hydrogen-bond donors (Lipinski definition) is 2. The summed E-state index contributed by atoms with van der Waals surface area (Å²) in [6, 6.07) is 7.43. The lowest BCUT2D eigenvalue weighted by Gasteiger charge is -2.09. The van der Waals surface area contributed by atoms with Gasteiger partial charge in [0, 0.05) is 31.1 Å². The van der Waals surface area contributed by atoms with E-state index in [1.165, 1.54) is 24.4 Å². The average Bonchev–Trinajstić information content (AvgIpc) is 2.47. The summed E-state index contributed by atoms with van der Waals surface area (Å²) in [6.45, 7) is 0. The molecule has 0 saturated carbocycles. The second kappa shape index (κ2) is 5.79.